The molecule has 2 fully saturated rings. The number of carbonyl (C=O) groups is 3. The number of nitro benzene ring substituents is 1. The second-order valence-corrected chi connectivity index (χ2v) is 8.32. The Bertz CT molecular complexity index is 1190. The fourth-order valence-electron chi connectivity index (χ4n) is 4.63. The van der Waals surface area contributed by atoms with Gasteiger partial charge in [-0.3, -0.25) is 29.9 Å². The molecule has 0 atom stereocenters. The van der Waals surface area contributed by atoms with Crippen LogP contribution in [0.4, 0.5) is 10.5 Å². The number of nitrogens with zero attached hydrogens (tertiary/aromatic N) is 3. The second-order valence-electron chi connectivity index (χ2n) is 8.32. The van der Waals surface area contributed by atoms with E-state index in [0.29, 0.717) is 5.56 Å². The van der Waals surface area contributed by atoms with Gasteiger partial charge in [-0.1, -0.05) is 12.8 Å². The van der Waals surface area contributed by atoms with Gasteiger partial charge in [-0.2, -0.15) is 0 Å². The SMILES string of the molecule is Cc1cc([N+](=O)[O-])ccc1-n1c(C)cc(/C=C2/C(=O)NC(=O)N(C3CCCC3)C2=O)c1C. The Morgan fingerprint density at radius 2 is 1.78 bits per heavy atom. The van der Waals surface area contributed by atoms with Crippen LogP contribution in [0, 0.1) is 30.9 Å². The lowest BCUT2D eigenvalue weighted by molar-refractivity contribution is -0.384. The van der Waals surface area contributed by atoms with Crippen molar-refractivity contribution in [2.45, 2.75) is 52.5 Å². The van der Waals surface area contributed by atoms with E-state index in [0.717, 1.165) is 48.3 Å². The lowest BCUT2D eigenvalue weighted by Gasteiger charge is -2.31. The first-order chi connectivity index (χ1) is 15.2. The van der Waals surface area contributed by atoms with Gasteiger partial charge in [0.1, 0.15) is 5.57 Å². The number of non-ortho nitro benzene ring substituents is 1. The van der Waals surface area contributed by atoms with Crippen LogP contribution in [0.2, 0.25) is 0 Å². The molecule has 1 saturated carbocycles. The average molecular weight is 436 g/mol. The number of carbonyl (C=O) groups excluding carboxylic acids is 3. The minimum atomic E-state index is -0.703. The molecule has 1 aromatic carbocycles. The third-order valence-corrected chi connectivity index (χ3v) is 6.23. The molecule has 1 aromatic heterocycles. The van der Waals surface area contributed by atoms with Crippen molar-refractivity contribution < 1.29 is 19.3 Å². The Balaban J connectivity index is 1.73. The number of benzene rings is 1. The van der Waals surface area contributed by atoms with Crippen LogP contribution in [0.3, 0.4) is 0 Å². The van der Waals surface area contributed by atoms with Crippen molar-refractivity contribution in [1.82, 2.24) is 14.8 Å². The van der Waals surface area contributed by atoms with Gasteiger partial charge in [0.15, 0.2) is 0 Å². The molecule has 2 aromatic rings. The zero-order chi connectivity index (χ0) is 23.2. The summed E-state index contributed by atoms with van der Waals surface area (Å²) in [5, 5.41) is 13.4. The van der Waals surface area contributed by atoms with Crippen LogP contribution in [0.15, 0.2) is 29.8 Å². The number of amides is 4. The number of nitrogens with one attached hydrogen (secondary N) is 1. The quantitative estimate of drug-likeness (QED) is 0.340. The molecule has 9 nitrogen and oxygen atoms in total. The van der Waals surface area contributed by atoms with E-state index in [1.807, 2.05) is 24.5 Å². The first-order valence-electron chi connectivity index (χ1n) is 10.5. The minimum absolute atomic E-state index is 0.0113. The molecular weight excluding hydrogens is 412 g/mol. The van der Waals surface area contributed by atoms with E-state index in [1.54, 1.807) is 13.0 Å². The maximum Gasteiger partial charge on any atom is 0.331 e. The Morgan fingerprint density at radius 3 is 2.41 bits per heavy atom. The van der Waals surface area contributed by atoms with E-state index < -0.39 is 22.8 Å². The molecule has 4 rings (SSSR count). The lowest BCUT2D eigenvalue weighted by Crippen LogP contribution is -2.57. The molecule has 9 heteroatoms. The van der Waals surface area contributed by atoms with Crippen molar-refractivity contribution in [3.05, 3.63) is 62.5 Å². The van der Waals surface area contributed by atoms with Gasteiger partial charge in [-0.25, -0.2) is 4.79 Å². The van der Waals surface area contributed by atoms with Gasteiger partial charge in [0, 0.05) is 35.2 Å². The van der Waals surface area contributed by atoms with E-state index >= 15 is 0 Å². The normalized spacial score (nSPS) is 18.5. The van der Waals surface area contributed by atoms with Crippen molar-refractivity contribution in [2.75, 3.05) is 0 Å². The van der Waals surface area contributed by atoms with E-state index in [2.05, 4.69) is 5.32 Å². The molecule has 0 spiro atoms. The summed E-state index contributed by atoms with van der Waals surface area (Å²) in [7, 11) is 0. The molecule has 166 valence electrons. The van der Waals surface area contributed by atoms with Crippen molar-refractivity contribution in [1.29, 1.82) is 0 Å². The number of hydrogen-bond acceptors (Lipinski definition) is 5. The lowest BCUT2D eigenvalue weighted by atomic mass is 10.1. The number of barbiturate groups is 1. The molecule has 4 amide bonds. The van der Waals surface area contributed by atoms with Crippen LogP contribution in [-0.2, 0) is 9.59 Å². The predicted octanol–water partition coefficient (Wildman–Crippen LogP) is 3.72. The van der Waals surface area contributed by atoms with Crippen molar-refractivity contribution in [3.63, 3.8) is 0 Å². The van der Waals surface area contributed by atoms with Crippen LogP contribution in [-0.4, -0.2) is 38.3 Å². The number of rotatable bonds is 4. The molecule has 1 saturated heterocycles. The standard InChI is InChI=1S/C23H24N4O5/c1-13-10-18(27(31)32)8-9-20(13)25-14(2)11-16(15(25)3)12-19-21(28)24-23(30)26(22(19)29)17-6-4-5-7-17/h8-12,17H,4-7H2,1-3H3,(H,24,28,30)/b19-12-. The van der Waals surface area contributed by atoms with Crippen LogP contribution >= 0.6 is 0 Å². The Kier molecular flexibility index (Phi) is 5.41. The Hall–Kier alpha value is -3.75. The molecule has 2 heterocycles. The Labute approximate surface area is 184 Å². The van der Waals surface area contributed by atoms with E-state index in [-0.39, 0.29) is 17.3 Å². The van der Waals surface area contributed by atoms with Crippen molar-refractivity contribution in [3.8, 4) is 5.69 Å². The highest BCUT2D eigenvalue weighted by Crippen LogP contribution is 2.30. The highest BCUT2D eigenvalue weighted by atomic mass is 16.6. The number of aromatic nitrogens is 1. The smallest absolute Gasteiger partial charge is 0.318 e. The third-order valence-electron chi connectivity index (χ3n) is 6.23. The van der Waals surface area contributed by atoms with Gasteiger partial charge in [0.05, 0.1) is 4.92 Å². The van der Waals surface area contributed by atoms with E-state index in [1.165, 1.54) is 23.1 Å². The second kappa shape index (κ2) is 8.07. The first kappa shape index (κ1) is 21.5. The van der Waals surface area contributed by atoms with Gasteiger partial charge in [0.2, 0.25) is 0 Å². The number of aryl methyl sites for hydroxylation is 2. The monoisotopic (exact) mass is 436 g/mol. The molecule has 1 aliphatic carbocycles. The first-order valence-corrected chi connectivity index (χ1v) is 10.5. The molecule has 0 radical (unpaired) electrons. The van der Waals surface area contributed by atoms with Crippen molar-refractivity contribution in [2.24, 2.45) is 0 Å². The molecule has 0 bridgehead atoms. The maximum atomic E-state index is 13.1. The van der Waals surface area contributed by atoms with Gasteiger partial charge >= 0.3 is 6.03 Å². The fraction of sp³-hybridized carbons (Fsp3) is 0.348. The summed E-state index contributed by atoms with van der Waals surface area (Å²) >= 11 is 0. The minimum Gasteiger partial charge on any atom is -0.318 e. The summed E-state index contributed by atoms with van der Waals surface area (Å²) in [6.07, 6.45) is 4.91. The number of nitro groups is 1. The van der Waals surface area contributed by atoms with Gasteiger partial charge in [-0.05, 0) is 62.9 Å². The molecular formula is C23H24N4O5. The number of urea groups is 1. The van der Waals surface area contributed by atoms with E-state index in [9.17, 15) is 24.5 Å². The number of hydrogen-bond donors (Lipinski definition) is 1. The zero-order valence-electron chi connectivity index (χ0n) is 18.2. The topological polar surface area (TPSA) is 115 Å². The summed E-state index contributed by atoms with van der Waals surface area (Å²) in [5.41, 5.74) is 3.73. The summed E-state index contributed by atoms with van der Waals surface area (Å²) in [4.78, 5) is 49.7. The molecule has 2 aliphatic rings. The summed E-state index contributed by atoms with van der Waals surface area (Å²) < 4.78 is 1.93. The highest BCUT2D eigenvalue weighted by molar-refractivity contribution is 6.31. The Morgan fingerprint density at radius 1 is 1.09 bits per heavy atom. The molecule has 1 aliphatic heterocycles. The predicted molar refractivity (Wildman–Crippen MR) is 117 cm³/mol. The van der Waals surface area contributed by atoms with E-state index in [4.69, 9.17) is 0 Å². The third kappa shape index (κ3) is 3.59. The number of imide groups is 2. The van der Waals surface area contributed by atoms with Crippen molar-refractivity contribution >= 4 is 29.6 Å². The molecule has 32 heavy (non-hydrogen) atoms. The molecule has 1 N–H and O–H groups in total. The van der Waals surface area contributed by atoms with Crippen LogP contribution in [0.5, 0.6) is 0 Å². The largest absolute Gasteiger partial charge is 0.331 e. The fourth-order valence-corrected chi connectivity index (χ4v) is 4.63. The summed E-state index contributed by atoms with van der Waals surface area (Å²) in [6.45, 7) is 5.53. The van der Waals surface area contributed by atoms with Crippen LogP contribution in [0.1, 0.15) is 48.2 Å². The van der Waals surface area contributed by atoms with Crippen LogP contribution in [0.25, 0.3) is 11.8 Å². The summed E-state index contributed by atoms with van der Waals surface area (Å²) in [6, 6.07) is 5.65. The maximum absolute atomic E-state index is 13.1. The zero-order valence-corrected chi connectivity index (χ0v) is 18.2. The van der Waals surface area contributed by atoms with Gasteiger partial charge in [0.25, 0.3) is 17.5 Å². The van der Waals surface area contributed by atoms with Gasteiger partial charge in [-0.15, -0.1) is 0 Å². The highest BCUT2D eigenvalue weighted by Gasteiger charge is 2.40. The average Bonchev–Trinajstić information content (AvgIpc) is 3.34. The summed E-state index contributed by atoms with van der Waals surface area (Å²) in [5.74, 6) is -1.27. The molecule has 0 unspecified atom stereocenters. The van der Waals surface area contributed by atoms with Gasteiger partial charge < -0.3 is 4.57 Å². The van der Waals surface area contributed by atoms with Crippen LogP contribution < -0.4 is 5.32 Å².